The zero-order chi connectivity index (χ0) is 78.1. The first-order chi connectivity index (χ1) is 56.3. The molecular weight excluding hydrogens is 1390 g/mol. The van der Waals surface area contributed by atoms with E-state index < -0.39 is 0 Å². The molecule has 16 rings (SSSR count). The van der Waals surface area contributed by atoms with Crippen LogP contribution in [0, 0.1) is 0 Å². The summed E-state index contributed by atoms with van der Waals surface area (Å²) < 4.78 is 0. The van der Waals surface area contributed by atoms with Crippen LogP contribution in [0.5, 0.6) is 23.0 Å². The molecule has 114 heavy (non-hydrogen) atoms. The summed E-state index contributed by atoms with van der Waals surface area (Å²) >= 11 is 0. The van der Waals surface area contributed by atoms with E-state index in [1.165, 1.54) is 391 Å². The standard InChI is InChI=1S/C32H46O.C28H38O.C26H34O.C24H30O/c33-32-30(27-20-14-9-5-2-6-10-15-21-27)24-29(25-31(32)28-22-16-11-17-23-28)26-18-12-7-3-1-4-8-13-19-26;29-28-26(23-16-10-5-2-6-11-17-23)20-25(22-14-8-3-1-4-9-15-22)21-27(28)24-18-12-7-13-19-24;27-26-24(21-14-8-3-4-9-15-21)18-23(20-12-6-1-2-7-13-20)19-25(26)22-16-10-5-11-17-22;25-24-22(19-12-6-2-7-13-19)16-21(18-10-4-1-5-11-18)17-23(24)20-14-8-3-9-15-20/h11,16-17,22-27,33H,1-10,12-15,18-21H2;7,12-13,18-23,29H,1-6,8-11,14-17H2;5,10-11,16-21,27H,1-4,6-9,12-15H2;2,6-7,12-13,16-18,20,25H,1,3-5,8-11,14-15H2. The van der Waals surface area contributed by atoms with Gasteiger partial charge in [-0.15, -0.1) is 0 Å². The van der Waals surface area contributed by atoms with Crippen molar-refractivity contribution in [2.75, 3.05) is 0 Å². The third kappa shape index (κ3) is 24.5. The Bertz CT molecular complexity index is 4020. The Morgan fingerprint density at radius 3 is 0.439 bits per heavy atom. The number of aromatic hydroxyl groups is 4. The van der Waals surface area contributed by atoms with Crippen LogP contribution in [0.25, 0.3) is 44.5 Å². The highest BCUT2D eigenvalue weighted by Crippen LogP contribution is 2.51. The fourth-order valence-corrected chi connectivity index (χ4v) is 22.1. The molecule has 8 fully saturated rings. The van der Waals surface area contributed by atoms with Crippen molar-refractivity contribution in [2.45, 2.75) is 394 Å². The van der Waals surface area contributed by atoms with Crippen LogP contribution >= 0.6 is 0 Å². The van der Waals surface area contributed by atoms with E-state index in [0.717, 1.165) is 44.5 Å². The first-order valence-corrected chi connectivity index (χ1v) is 48.0. The van der Waals surface area contributed by atoms with Gasteiger partial charge in [-0.05, 0) is 241 Å². The van der Waals surface area contributed by atoms with E-state index in [2.05, 4.69) is 164 Å². The van der Waals surface area contributed by atoms with Crippen LogP contribution in [0.3, 0.4) is 0 Å². The second kappa shape index (κ2) is 46.2. The van der Waals surface area contributed by atoms with Crippen molar-refractivity contribution >= 4 is 0 Å². The average molecular weight is 1530 g/mol. The molecule has 4 nitrogen and oxygen atoms in total. The molecule has 8 aromatic carbocycles. The van der Waals surface area contributed by atoms with E-state index in [1.54, 1.807) is 0 Å². The number of phenolic OH excluding ortho intramolecular Hbond substituents is 4. The average Bonchev–Trinajstić information content (AvgIpc) is 0.892. The maximum Gasteiger partial charge on any atom is 0.126 e. The maximum atomic E-state index is 11.6. The van der Waals surface area contributed by atoms with Gasteiger partial charge in [0.2, 0.25) is 0 Å². The van der Waals surface area contributed by atoms with Crippen LogP contribution in [0.2, 0.25) is 0 Å². The van der Waals surface area contributed by atoms with Crippen LogP contribution in [0.4, 0.5) is 0 Å². The molecule has 8 aliphatic carbocycles. The molecule has 612 valence electrons. The summed E-state index contributed by atoms with van der Waals surface area (Å²) in [5.41, 5.74) is 19.7. The normalized spacial score (nSPS) is 20.4. The molecule has 0 heterocycles. The molecule has 0 atom stereocenters. The fraction of sp³-hybridized carbons (Fsp3) is 0.564. The number of phenols is 4. The van der Waals surface area contributed by atoms with E-state index in [9.17, 15) is 20.4 Å². The first-order valence-electron chi connectivity index (χ1n) is 48.0. The minimum Gasteiger partial charge on any atom is -0.507 e. The number of benzene rings is 8. The van der Waals surface area contributed by atoms with Gasteiger partial charge in [0, 0.05) is 22.3 Å². The fourth-order valence-electron chi connectivity index (χ4n) is 22.1. The molecule has 0 spiro atoms. The summed E-state index contributed by atoms with van der Waals surface area (Å²) in [6.07, 6.45) is 71.9. The Balaban J connectivity index is 0.000000133. The molecule has 0 bridgehead atoms. The van der Waals surface area contributed by atoms with Crippen molar-refractivity contribution in [3.63, 3.8) is 0 Å². The SMILES string of the molecule is Oc1c(-c2ccccc2)cc(C2CCCCC2)cc1C1CCCCC1.Oc1c(-c2ccccc2)cc(C2CCCCCC2)cc1C1CCCCCC1.Oc1c(-c2ccccc2)cc(C2CCCCCCC2)cc1C1CCCCCCC1.Oc1c(-c2ccccc2)cc(C2CCCCCCCCC2)cc1C1CCCCCCCCC1. The minimum absolute atomic E-state index is 0.505. The summed E-state index contributed by atoms with van der Waals surface area (Å²) in [7, 11) is 0. The van der Waals surface area contributed by atoms with Gasteiger partial charge in [-0.1, -0.05) is 390 Å². The Morgan fingerprint density at radius 1 is 0.149 bits per heavy atom. The lowest BCUT2D eigenvalue weighted by atomic mass is 9.78. The maximum absolute atomic E-state index is 11.6. The lowest BCUT2D eigenvalue weighted by molar-refractivity contribution is 0.411. The van der Waals surface area contributed by atoms with Gasteiger partial charge in [-0.2, -0.15) is 0 Å². The first kappa shape index (κ1) is 84.9. The molecule has 8 aliphatic rings. The summed E-state index contributed by atoms with van der Waals surface area (Å²) in [6, 6.07) is 61.0. The van der Waals surface area contributed by atoms with Crippen molar-refractivity contribution < 1.29 is 20.4 Å². The molecular formula is C110H148O4. The highest BCUT2D eigenvalue weighted by atomic mass is 16.3. The van der Waals surface area contributed by atoms with Crippen molar-refractivity contribution in [3.8, 4) is 67.5 Å². The second-order valence-corrected chi connectivity index (χ2v) is 37.1. The van der Waals surface area contributed by atoms with Crippen molar-refractivity contribution in [2.24, 2.45) is 0 Å². The highest BCUT2D eigenvalue weighted by molar-refractivity contribution is 5.77. The van der Waals surface area contributed by atoms with Gasteiger partial charge in [0.15, 0.2) is 0 Å². The van der Waals surface area contributed by atoms with E-state index in [0.29, 0.717) is 70.3 Å². The van der Waals surface area contributed by atoms with Gasteiger partial charge in [0.1, 0.15) is 23.0 Å². The molecule has 8 saturated carbocycles. The third-order valence-corrected chi connectivity index (χ3v) is 29.0. The molecule has 0 unspecified atom stereocenters. The van der Waals surface area contributed by atoms with E-state index in [1.807, 2.05) is 6.07 Å². The Labute approximate surface area is 692 Å². The number of rotatable bonds is 12. The largest absolute Gasteiger partial charge is 0.507 e. The van der Waals surface area contributed by atoms with Crippen LogP contribution in [0.1, 0.15) is 439 Å². The van der Waals surface area contributed by atoms with E-state index >= 15 is 0 Å². The molecule has 0 radical (unpaired) electrons. The molecule has 0 saturated heterocycles. The highest BCUT2D eigenvalue weighted by Gasteiger charge is 2.30. The van der Waals surface area contributed by atoms with Gasteiger partial charge in [-0.25, -0.2) is 0 Å². The minimum atomic E-state index is 0.505. The molecule has 4 heteroatoms. The van der Waals surface area contributed by atoms with Crippen molar-refractivity contribution in [1.82, 2.24) is 0 Å². The van der Waals surface area contributed by atoms with Gasteiger partial charge in [0.05, 0.1) is 0 Å². The van der Waals surface area contributed by atoms with Gasteiger partial charge >= 0.3 is 0 Å². The molecule has 0 aromatic heterocycles. The number of hydrogen-bond donors (Lipinski definition) is 4. The molecule has 0 amide bonds. The summed E-state index contributed by atoms with van der Waals surface area (Å²) in [5, 5.41) is 45.4. The quantitative estimate of drug-likeness (QED) is 0.0919. The monoisotopic (exact) mass is 1530 g/mol. The smallest absolute Gasteiger partial charge is 0.126 e. The number of hydrogen-bond acceptors (Lipinski definition) is 4. The van der Waals surface area contributed by atoms with Crippen LogP contribution < -0.4 is 0 Å². The zero-order valence-corrected chi connectivity index (χ0v) is 70.8. The van der Waals surface area contributed by atoms with Crippen LogP contribution in [-0.2, 0) is 0 Å². The summed E-state index contributed by atoms with van der Waals surface area (Å²) in [4.78, 5) is 0. The predicted molar refractivity (Wildman–Crippen MR) is 485 cm³/mol. The molecule has 8 aromatic rings. The molecule has 4 N–H and O–H groups in total. The second-order valence-electron chi connectivity index (χ2n) is 37.1. The van der Waals surface area contributed by atoms with Gasteiger partial charge < -0.3 is 20.4 Å². The Kier molecular flexibility index (Phi) is 34.4. The van der Waals surface area contributed by atoms with Crippen LogP contribution in [-0.4, -0.2) is 20.4 Å². The topological polar surface area (TPSA) is 80.9 Å². The Hall–Kier alpha value is -7.04. The van der Waals surface area contributed by atoms with E-state index in [4.69, 9.17) is 0 Å². The van der Waals surface area contributed by atoms with Gasteiger partial charge in [0.25, 0.3) is 0 Å². The summed E-state index contributed by atoms with van der Waals surface area (Å²) in [6.45, 7) is 0. The zero-order valence-electron chi connectivity index (χ0n) is 70.8. The Morgan fingerprint density at radius 2 is 0.281 bits per heavy atom. The lowest BCUT2D eigenvalue weighted by Crippen LogP contribution is -2.09. The van der Waals surface area contributed by atoms with Gasteiger partial charge in [-0.3, -0.25) is 0 Å². The van der Waals surface area contributed by atoms with E-state index in [-0.39, 0.29) is 0 Å². The van der Waals surface area contributed by atoms with Crippen molar-refractivity contribution in [1.29, 1.82) is 0 Å². The predicted octanol–water partition coefficient (Wildman–Crippen LogP) is 34.1. The third-order valence-electron chi connectivity index (χ3n) is 29.0. The molecule has 0 aliphatic heterocycles. The van der Waals surface area contributed by atoms with Crippen molar-refractivity contribution in [3.05, 3.63) is 214 Å². The van der Waals surface area contributed by atoms with Crippen LogP contribution in [0.15, 0.2) is 170 Å². The lowest BCUT2D eigenvalue weighted by Gasteiger charge is -2.28. The summed E-state index contributed by atoms with van der Waals surface area (Å²) in [5.74, 6) is 6.94.